The second-order valence-corrected chi connectivity index (χ2v) is 3.61. The quantitative estimate of drug-likeness (QED) is 0.284. The SMILES string of the molecule is CC(C)N(C(=O)/C=[N+](\C)[O-])C(C)C. The summed E-state index contributed by atoms with van der Waals surface area (Å²) in [4.78, 5) is 13.1. The topological polar surface area (TPSA) is 46.4 Å². The molecule has 0 aromatic rings. The van der Waals surface area contributed by atoms with Crippen molar-refractivity contribution in [2.24, 2.45) is 0 Å². The highest BCUT2D eigenvalue weighted by molar-refractivity contribution is 6.24. The number of rotatable bonds is 3. The average Bonchev–Trinajstić information content (AvgIpc) is 1.81. The molecule has 0 saturated carbocycles. The van der Waals surface area contributed by atoms with Crippen LogP contribution in [-0.2, 0) is 4.79 Å². The molecule has 0 spiro atoms. The van der Waals surface area contributed by atoms with E-state index < -0.39 is 0 Å². The molecule has 0 aliphatic heterocycles. The zero-order valence-electron chi connectivity index (χ0n) is 8.94. The lowest BCUT2D eigenvalue weighted by Crippen LogP contribution is -2.43. The highest BCUT2D eigenvalue weighted by atomic mass is 16.5. The van der Waals surface area contributed by atoms with Crippen molar-refractivity contribution in [3.8, 4) is 0 Å². The number of amides is 1. The van der Waals surface area contributed by atoms with E-state index in [1.807, 2.05) is 27.7 Å². The monoisotopic (exact) mass is 186 g/mol. The van der Waals surface area contributed by atoms with Gasteiger partial charge in [-0.15, -0.1) is 0 Å². The van der Waals surface area contributed by atoms with Crippen molar-refractivity contribution < 1.29 is 9.53 Å². The van der Waals surface area contributed by atoms with E-state index in [-0.39, 0.29) is 18.0 Å². The zero-order chi connectivity index (χ0) is 10.6. The maximum absolute atomic E-state index is 11.5. The predicted molar refractivity (Wildman–Crippen MR) is 52.7 cm³/mol. The number of hydrogen-bond donors (Lipinski definition) is 0. The standard InChI is InChI=1S/C9H18N2O2/c1-7(2)11(8(3)4)9(12)6-10(5)13/h6-8H,1-5H3/b10-6+. The first-order valence-electron chi connectivity index (χ1n) is 4.43. The Labute approximate surface area is 79.4 Å². The van der Waals surface area contributed by atoms with Crippen LogP contribution in [0.25, 0.3) is 0 Å². The first-order chi connectivity index (χ1) is 5.86. The molecule has 4 nitrogen and oxygen atoms in total. The van der Waals surface area contributed by atoms with Crippen LogP contribution in [-0.4, -0.2) is 40.9 Å². The van der Waals surface area contributed by atoms with E-state index in [0.29, 0.717) is 4.74 Å². The van der Waals surface area contributed by atoms with Crippen LogP contribution in [0.5, 0.6) is 0 Å². The second kappa shape index (κ2) is 4.84. The fourth-order valence-electron chi connectivity index (χ4n) is 1.33. The Hall–Kier alpha value is -1.06. The van der Waals surface area contributed by atoms with Crippen LogP contribution in [0.15, 0.2) is 0 Å². The lowest BCUT2D eigenvalue weighted by molar-refractivity contribution is -0.416. The molecule has 0 fully saturated rings. The van der Waals surface area contributed by atoms with Gasteiger partial charge in [0.05, 0.1) is 0 Å². The van der Waals surface area contributed by atoms with Gasteiger partial charge in [0, 0.05) is 12.1 Å². The summed E-state index contributed by atoms with van der Waals surface area (Å²) in [7, 11) is 1.30. The highest BCUT2D eigenvalue weighted by Crippen LogP contribution is 2.03. The summed E-state index contributed by atoms with van der Waals surface area (Å²) in [6, 6.07) is 0.229. The van der Waals surface area contributed by atoms with Crippen LogP contribution >= 0.6 is 0 Å². The first kappa shape index (κ1) is 11.9. The molecular formula is C9H18N2O2. The molecule has 0 saturated heterocycles. The fourth-order valence-corrected chi connectivity index (χ4v) is 1.33. The summed E-state index contributed by atoms with van der Waals surface area (Å²) < 4.78 is 0.528. The van der Waals surface area contributed by atoms with Gasteiger partial charge in [0.1, 0.15) is 7.05 Å². The third kappa shape index (κ3) is 3.92. The molecule has 0 atom stereocenters. The van der Waals surface area contributed by atoms with Gasteiger partial charge in [0.15, 0.2) is 0 Å². The molecule has 0 heterocycles. The highest BCUT2D eigenvalue weighted by Gasteiger charge is 2.20. The average molecular weight is 186 g/mol. The Morgan fingerprint density at radius 1 is 1.31 bits per heavy atom. The number of hydrogen-bond acceptors (Lipinski definition) is 2. The Kier molecular flexibility index (Phi) is 4.45. The summed E-state index contributed by atoms with van der Waals surface area (Å²) in [5.41, 5.74) is 0. The molecule has 0 aromatic heterocycles. The molecule has 0 radical (unpaired) electrons. The zero-order valence-corrected chi connectivity index (χ0v) is 8.94. The fraction of sp³-hybridized carbons (Fsp3) is 0.778. The summed E-state index contributed by atoms with van der Waals surface area (Å²) in [5.74, 6) is -0.234. The van der Waals surface area contributed by atoms with Gasteiger partial charge in [0.2, 0.25) is 6.21 Å². The van der Waals surface area contributed by atoms with Crippen LogP contribution in [0.1, 0.15) is 27.7 Å². The molecule has 76 valence electrons. The van der Waals surface area contributed by atoms with E-state index in [1.165, 1.54) is 7.05 Å². The van der Waals surface area contributed by atoms with Crippen molar-refractivity contribution in [3.63, 3.8) is 0 Å². The second-order valence-electron chi connectivity index (χ2n) is 3.61. The Morgan fingerprint density at radius 3 is 1.92 bits per heavy atom. The number of carbonyl (C=O) groups excluding carboxylic acids is 1. The van der Waals surface area contributed by atoms with E-state index in [9.17, 15) is 10.0 Å². The maximum Gasteiger partial charge on any atom is 0.312 e. The van der Waals surface area contributed by atoms with Gasteiger partial charge in [-0.1, -0.05) is 0 Å². The number of nitrogens with zero attached hydrogens (tertiary/aromatic N) is 2. The van der Waals surface area contributed by atoms with Crippen LogP contribution in [0.3, 0.4) is 0 Å². The van der Waals surface area contributed by atoms with Crippen molar-refractivity contribution in [2.45, 2.75) is 39.8 Å². The van der Waals surface area contributed by atoms with E-state index in [0.717, 1.165) is 6.21 Å². The minimum Gasteiger partial charge on any atom is -0.624 e. The van der Waals surface area contributed by atoms with Crippen molar-refractivity contribution in [1.82, 2.24) is 4.90 Å². The van der Waals surface area contributed by atoms with Gasteiger partial charge in [-0.25, -0.2) is 4.74 Å². The summed E-state index contributed by atoms with van der Waals surface area (Å²) in [6.45, 7) is 7.71. The van der Waals surface area contributed by atoms with Crippen molar-refractivity contribution in [1.29, 1.82) is 0 Å². The van der Waals surface area contributed by atoms with Crippen LogP contribution in [0, 0.1) is 5.21 Å². The van der Waals surface area contributed by atoms with Crippen LogP contribution in [0.4, 0.5) is 0 Å². The van der Waals surface area contributed by atoms with Gasteiger partial charge in [-0.05, 0) is 27.7 Å². The van der Waals surface area contributed by atoms with Crippen molar-refractivity contribution >= 4 is 12.1 Å². The molecule has 1 amide bonds. The minimum atomic E-state index is -0.234. The summed E-state index contributed by atoms with van der Waals surface area (Å²) in [5, 5.41) is 10.6. The molecule has 0 rings (SSSR count). The molecule has 0 aromatic carbocycles. The van der Waals surface area contributed by atoms with E-state index >= 15 is 0 Å². The molecule has 0 aliphatic rings. The van der Waals surface area contributed by atoms with Gasteiger partial charge in [-0.2, -0.15) is 0 Å². The third-order valence-corrected chi connectivity index (χ3v) is 1.66. The van der Waals surface area contributed by atoms with E-state index in [1.54, 1.807) is 4.90 Å². The van der Waals surface area contributed by atoms with Crippen molar-refractivity contribution in [2.75, 3.05) is 7.05 Å². The lowest BCUT2D eigenvalue weighted by atomic mass is 10.2. The first-order valence-corrected chi connectivity index (χ1v) is 4.43. The van der Waals surface area contributed by atoms with E-state index in [2.05, 4.69) is 0 Å². The maximum atomic E-state index is 11.5. The molecule has 0 unspecified atom stereocenters. The largest absolute Gasteiger partial charge is 0.624 e. The van der Waals surface area contributed by atoms with E-state index in [4.69, 9.17) is 0 Å². The van der Waals surface area contributed by atoms with Crippen molar-refractivity contribution in [3.05, 3.63) is 5.21 Å². The molecular weight excluding hydrogens is 168 g/mol. The Balaban J connectivity index is 4.57. The number of carbonyl (C=O) groups is 1. The number of hydroxylamine groups is 1. The van der Waals surface area contributed by atoms with Gasteiger partial charge in [0.25, 0.3) is 0 Å². The third-order valence-electron chi connectivity index (χ3n) is 1.66. The molecule has 13 heavy (non-hydrogen) atoms. The molecule has 0 aliphatic carbocycles. The Bertz CT molecular complexity index is 198. The van der Waals surface area contributed by atoms with Crippen LogP contribution in [0.2, 0.25) is 0 Å². The lowest BCUT2D eigenvalue weighted by Gasteiger charge is -2.28. The molecule has 4 heteroatoms. The Morgan fingerprint density at radius 2 is 1.69 bits per heavy atom. The molecule has 0 N–H and O–H groups in total. The predicted octanol–water partition coefficient (Wildman–Crippen LogP) is 0.843. The smallest absolute Gasteiger partial charge is 0.312 e. The van der Waals surface area contributed by atoms with Gasteiger partial charge < -0.3 is 10.1 Å². The summed E-state index contributed by atoms with van der Waals surface area (Å²) in [6.07, 6.45) is 1.06. The van der Waals surface area contributed by atoms with Crippen LogP contribution < -0.4 is 0 Å². The van der Waals surface area contributed by atoms with Gasteiger partial charge in [-0.3, -0.25) is 4.79 Å². The summed E-state index contributed by atoms with van der Waals surface area (Å²) >= 11 is 0. The molecule has 0 bridgehead atoms. The minimum absolute atomic E-state index is 0.115. The normalized spacial score (nSPS) is 12.4. The van der Waals surface area contributed by atoms with Gasteiger partial charge >= 0.3 is 5.91 Å².